The number of benzene rings is 1. The highest BCUT2D eigenvalue weighted by atomic mass is 16.7. The van der Waals surface area contributed by atoms with Gasteiger partial charge in [-0.2, -0.15) is 0 Å². The van der Waals surface area contributed by atoms with E-state index >= 15 is 0 Å². The van der Waals surface area contributed by atoms with Crippen LogP contribution in [0.5, 0.6) is 5.75 Å². The summed E-state index contributed by atoms with van der Waals surface area (Å²) in [5, 5.41) is 53.3. The Labute approximate surface area is 176 Å². The Morgan fingerprint density at radius 2 is 1.97 bits per heavy atom. The summed E-state index contributed by atoms with van der Waals surface area (Å²) in [5.74, 6) is -4.09. The van der Waals surface area contributed by atoms with Crippen LogP contribution in [0.1, 0.15) is 13.3 Å². The molecule has 1 aromatic rings. The summed E-state index contributed by atoms with van der Waals surface area (Å²) in [4.78, 5) is 34.3. The van der Waals surface area contributed by atoms with E-state index in [0.717, 1.165) is 26.2 Å². The Kier molecular flexibility index (Phi) is 7.86. The number of aliphatic hydroxyl groups excluding tert-OH is 4. The number of nitrogens with zero attached hydrogens (tertiary/aromatic N) is 1. The van der Waals surface area contributed by atoms with Crippen LogP contribution in [0.25, 0.3) is 0 Å². The first-order chi connectivity index (χ1) is 14.5. The van der Waals surface area contributed by atoms with Crippen LogP contribution in [-0.4, -0.2) is 87.2 Å². The molecule has 5 N–H and O–H groups in total. The van der Waals surface area contributed by atoms with Crippen molar-refractivity contribution in [3.05, 3.63) is 34.4 Å². The van der Waals surface area contributed by atoms with E-state index in [4.69, 9.17) is 19.3 Å². The normalized spacial score (nSPS) is 27.6. The topological polar surface area (TPSA) is 198 Å². The highest BCUT2D eigenvalue weighted by molar-refractivity contribution is 5.79. The van der Waals surface area contributed by atoms with E-state index in [-0.39, 0.29) is 11.4 Å². The summed E-state index contributed by atoms with van der Waals surface area (Å²) >= 11 is 0. The van der Waals surface area contributed by atoms with E-state index in [9.17, 15) is 35.0 Å². The number of aliphatic hydroxyl groups is 4. The van der Waals surface area contributed by atoms with Crippen LogP contribution in [0.3, 0.4) is 0 Å². The molecule has 13 nitrogen and oxygen atoms in total. The van der Waals surface area contributed by atoms with E-state index in [1.54, 1.807) is 0 Å². The maximum absolute atomic E-state index is 12.6. The summed E-state index contributed by atoms with van der Waals surface area (Å²) in [6.07, 6.45) is -7.25. The molecule has 31 heavy (non-hydrogen) atoms. The van der Waals surface area contributed by atoms with Gasteiger partial charge < -0.3 is 40.0 Å². The zero-order chi connectivity index (χ0) is 23.3. The van der Waals surface area contributed by atoms with Gasteiger partial charge in [-0.05, 0) is 12.1 Å². The zero-order valence-corrected chi connectivity index (χ0v) is 16.7. The van der Waals surface area contributed by atoms with Crippen LogP contribution in [-0.2, 0) is 19.1 Å². The zero-order valence-electron chi connectivity index (χ0n) is 16.7. The largest absolute Gasteiger partial charge is 0.464 e. The number of ether oxygens (including phenoxy) is 3. The number of rotatable bonds is 8. The molecule has 2 rings (SSSR count). The van der Waals surface area contributed by atoms with Crippen molar-refractivity contribution in [2.24, 2.45) is 0 Å². The van der Waals surface area contributed by atoms with Crippen molar-refractivity contribution in [3.8, 4) is 5.75 Å². The maximum atomic E-state index is 12.6. The second kappa shape index (κ2) is 9.98. The molecule has 0 aromatic heterocycles. The monoisotopic (exact) mass is 444 g/mol. The summed E-state index contributed by atoms with van der Waals surface area (Å²) in [6.45, 7) is 0.270. The quantitative estimate of drug-likeness (QED) is 0.172. The molecule has 0 unspecified atom stereocenters. The van der Waals surface area contributed by atoms with Crippen LogP contribution >= 0.6 is 0 Å². The second-order valence-electron chi connectivity index (χ2n) is 6.92. The molecule has 6 atom stereocenters. The highest BCUT2D eigenvalue weighted by Gasteiger charge is 2.57. The molecule has 1 saturated heterocycles. The van der Waals surface area contributed by atoms with Crippen LogP contribution in [0.2, 0.25) is 0 Å². The van der Waals surface area contributed by atoms with Crippen molar-refractivity contribution in [3.63, 3.8) is 0 Å². The first-order valence-electron chi connectivity index (χ1n) is 9.16. The number of nitro groups is 1. The van der Waals surface area contributed by atoms with Gasteiger partial charge in [0.2, 0.25) is 5.91 Å². The fourth-order valence-electron chi connectivity index (χ4n) is 3.21. The molecule has 172 valence electrons. The van der Waals surface area contributed by atoms with E-state index < -0.39 is 66.1 Å². The molecule has 0 bridgehead atoms. The molecular weight excluding hydrogens is 420 g/mol. The average Bonchev–Trinajstić information content (AvgIpc) is 2.73. The molecule has 0 radical (unpaired) electrons. The van der Waals surface area contributed by atoms with Gasteiger partial charge >= 0.3 is 11.8 Å². The molecule has 13 heteroatoms. The number of methoxy groups -OCH3 is 1. The van der Waals surface area contributed by atoms with Crippen molar-refractivity contribution in [1.29, 1.82) is 0 Å². The van der Waals surface area contributed by atoms with Gasteiger partial charge in [0.15, 0.2) is 0 Å². The third-order valence-electron chi connectivity index (χ3n) is 4.69. The van der Waals surface area contributed by atoms with Gasteiger partial charge in [-0.3, -0.25) is 14.9 Å². The van der Waals surface area contributed by atoms with Gasteiger partial charge in [0, 0.05) is 19.1 Å². The van der Waals surface area contributed by atoms with Crippen LogP contribution in [0.4, 0.5) is 5.69 Å². The predicted octanol–water partition coefficient (Wildman–Crippen LogP) is -1.79. The molecule has 0 spiro atoms. The summed E-state index contributed by atoms with van der Waals surface area (Å²) in [7, 11) is 1.02. The van der Waals surface area contributed by atoms with Gasteiger partial charge in [0.1, 0.15) is 24.1 Å². The average molecular weight is 444 g/mol. The van der Waals surface area contributed by atoms with Crippen molar-refractivity contribution >= 4 is 17.6 Å². The number of hydrogen-bond acceptors (Lipinski definition) is 11. The van der Waals surface area contributed by atoms with E-state index in [2.05, 4.69) is 5.32 Å². The molecule has 1 aliphatic rings. The summed E-state index contributed by atoms with van der Waals surface area (Å²) < 4.78 is 16.0. The smallest absolute Gasteiger partial charge is 0.379 e. The highest BCUT2D eigenvalue weighted by Crippen LogP contribution is 2.35. The third-order valence-corrected chi connectivity index (χ3v) is 4.69. The van der Waals surface area contributed by atoms with Gasteiger partial charge in [0.25, 0.3) is 5.69 Å². The number of nitro benzene ring substituents is 1. The fraction of sp³-hybridized carbons (Fsp3) is 0.556. The number of carbonyl (C=O) groups is 2. The molecule has 1 aromatic carbocycles. The number of non-ortho nitro benzene ring substituents is 1. The Balaban J connectivity index is 2.44. The van der Waals surface area contributed by atoms with Crippen molar-refractivity contribution in [2.75, 3.05) is 13.7 Å². The fourth-order valence-corrected chi connectivity index (χ4v) is 3.21. The van der Waals surface area contributed by atoms with Gasteiger partial charge in [-0.25, -0.2) is 4.79 Å². The summed E-state index contributed by atoms with van der Waals surface area (Å²) in [6, 6.07) is 3.33. The van der Waals surface area contributed by atoms with E-state index in [1.165, 1.54) is 12.1 Å². The third kappa shape index (κ3) is 5.45. The lowest BCUT2D eigenvalue weighted by molar-refractivity contribution is -0.384. The molecule has 0 aliphatic carbocycles. The predicted molar refractivity (Wildman–Crippen MR) is 101 cm³/mol. The Hall–Kier alpha value is -2.84. The second-order valence-corrected chi connectivity index (χ2v) is 6.92. The van der Waals surface area contributed by atoms with Crippen molar-refractivity contribution < 1.29 is 49.1 Å². The molecule has 1 aliphatic heterocycles. The number of nitrogens with one attached hydrogen (secondary N) is 1. The van der Waals surface area contributed by atoms with Gasteiger partial charge in [-0.15, -0.1) is 0 Å². The van der Waals surface area contributed by atoms with Crippen LogP contribution in [0.15, 0.2) is 24.3 Å². The molecular formula is C18H24N2O11. The number of esters is 1. The molecule has 0 saturated carbocycles. The lowest BCUT2D eigenvalue weighted by Crippen LogP contribution is -2.68. The number of hydrogen-bond donors (Lipinski definition) is 5. The van der Waals surface area contributed by atoms with Gasteiger partial charge in [0.05, 0.1) is 37.2 Å². The number of amides is 1. The van der Waals surface area contributed by atoms with Gasteiger partial charge in [-0.1, -0.05) is 0 Å². The summed E-state index contributed by atoms with van der Waals surface area (Å²) in [5.41, 5.74) is -0.242. The Morgan fingerprint density at radius 1 is 1.35 bits per heavy atom. The Morgan fingerprint density at radius 3 is 2.45 bits per heavy atom. The minimum absolute atomic E-state index is 0.0582. The standard InChI is InChI=1S/C18H24N2O11/c1-9(22)19-14-12(23)7-18(17(26)29-2,31-16(14)15(25)13(24)8-21)30-11-5-3-10(4-6-11)20(27)28/h3-6,12-16,21,23-25H,7-8H2,1-2H3,(H,19,22)/t12-,13+,14-,15+,16+,18-/m0/s1. The maximum Gasteiger partial charge on any atom is 0.379 e. The lowest BCUT2D eigenvalue weighted by Gasteiger charge is -2.46. The number of carbonyl (C=O) groups excluding carboxylic acids is 2. The van der Waals surface area contributed by atoms with Crippen LogP contribution < -0.4 is 10.1 Å². The van der Waals surface area contributed by atoms with E-state index in [1.807, 2.05) is 0 Å². The van der Waals surface area contributed by atoms with Crippen molar-refractivity contribution in [1.82, 2.24) is 5.32 Å². The molecule has 1 heterocycles. The minimum atomic E-state index is -2.33. The molecule has 1 fully saturated rings. The van der Waals surface area contributed by atoms with E-state index in [0.29, 0.717) is 0 Å². The SMILES string of the molecule is COC(=O)[C@]1(Oc2ccc([N+](=O)[O-])cc2)C[C@H](O)[C@H](NC(C)=O)[C@H]([C@H](O)[C@H](O)CO)O1. The first-order valence-corrected chi connectivity index (χ1v) is 9.16. The minimum Gasteiger partial charge on any atom is -0.464 e. The Bertz CT molecular complexity index is 802. The lowest BCUT2D eigenvalue weighted by atomic mass is 9.88. The molecule has 1 amide bonds. The first kappa shape index (κ1) is 24.4. The van der Waals surface area contributed by atoms with Crippen molar-refractivity contribution in [2.45, 2.75) is 49.6 Å². The van der Waals surface area contributed by atoms with Crippen LogP contribution in [0, 0.1) is 10.1 Å².